The molecule has 1 aliphatic heterocycles. The van der Waals surface area contributed by atoms with Crippen molar-refractivity contribution in [2.75, 3.05) is 26.7 Å². The summed E-state index contributed by atoms with van der Waals surface area (Å²) in [6.07, 6.45) is 3.97. The highest BCUT2D eigenvalue weighted by Crippen LogP contribution is 2.33. The Kier molecular flexibility index (Phi) is 3.03. The number of rotatable bonds is 5. The lowest BCUT2D eigenvalue weighted by molar-refractivity contribution is -0.120. The van der Waals surface area contributed by atoms with Crippen LogP contribution in [0.1, 0.15) is 19.3 Å². The Morgan fingerprint density at radius 2 is 2.21 bits per heavy atom. The molecule has 1 saturated carbocycles. The summed E-state index contributed by atoms with van der Waals surface area (Å²) in [5.74, 6) is 0.107. The van der Waals surface area contributed by atoms with Crippen LogP contribution in [-0.2, 0) is 4.79 Å². The van der Waals surface area contributed by atoms with Gasteiger partial charge in [0.25, 0.3) is 0 Å². The SMILES string of the molecule is CNCC(=O)NCC1CCN1C1CC1. The second-order valence-corrected chi connectivity index (χ2v) is 4.25. The lowest BCUT2D eigenvalue weighted by Crippen LogP contribution is -2.54. The molecule has 1 aliphatic carbocycles. The van der Waals surface area contributed by atoms with Crippen LogP contribution in [0.5, 0.6) is 0 Å². The monoisotopic (exact) mass is 197 g/mol. The average molecular weight is 197 g/mol. The molecule has 1 heterocycles. The zero-order valence-corrected chi connectivity index (χ0v) is 8.75. The maximum Gasteiger partial charge on any atom is 0.234 e. The van der Waals surface area contributed by atoms with Gasteiger partial charge < -0.3 is 10.6 Å². The standard InChI is InChI=1S/C10H19N3O/c1-11-7-10(14)12-6-9-4-5-13(9)8-2-3-8/h8-9,11H,2-7H2,1H3,(H,12,14). The van der Waals surface area contributed by atoms with E-state index in [2.05, 4.69) is 15.5 Å². The van der Waals surface area contributed by atoms with Crippen LogP contribution in [0.3, 0.4) is 0 Å². The van der Waals surface area contributed by atoms with Gasteiger partial charge in [0, 0.05) is 25.2 Å². The van der Waals surface area contributed by atoms with E-state index in [1.165, 1.54) is 25.8 Å². The summed E-state index contributed by atoms with van der Waals surface area (Å²) < 4.78 is 0. The van der Waals surface area contributed by atoms with Gasteiger partial charge in [0.15, 0.2) is 0 Å². The van der Waals surface area contributed by atoms with E-state index in [1.807, 2.05) is 0 Å². The van der Waals surface area contributed by atoms with E-state index in [-0.39, 0.29) is 5.91 Å². The number of likely N-dealkylation sites (tertiary alicyclic amines) is 1. The third-order valence-corrected chi connectivity index (χ3v) is 3.08. The molecule has 1 amide bonds. The Morgan fingerprint density at radius 3 is 2.71 bits per heavy atom. The smallest absolute Gasteiger partial charge is 0.234 e. The van der Waals surface area contributed by atoms with E-state index in [9.17, 15) is 4.79 Å². The minimum absolute atomic E-state index is 0.107. The van der Waals surface area contributed by atoms with Crippen LogP contribution in [0, 0.1) is 0 Å². The second-order valence-electron chi connectivity index (χ2n) is 4.25. The first-order valence-electron chi connectivity index (χ1n) is 5.48. The van der Waals surface area contributed by atoms with Crippen molar-refractivity contribution < 1.29 is 4.79 Å². The topological polar surface area (TPSA) is 44.4 Å². The van der Waals surface area contributed by atoms with Crippen LogP contribution in [0.2, 0.25) is 0 Å². The molecule has 0 aromatic carbocycles. The molecule has 1 atom stereocenters. The highest BCUT2D eigenvalue weighted by Gasteiger charge is 2.39. The van der Waals surface area contributed by atoms with Gasteiger partial charge in [0.2, 0.25) is 5.91 Å². The van der Waals surface area contributed by atoms with Crippen LogP contribution in [0.15, 0.2) is 0 Å². The molecule has 2 aliphatic rings. The van der Waals surface area contributed by atoms with E-state index < -0.39 is 0 Å². The zero-order chi connectivity index (χ0) is 9.97. The first-order valence-corrected chi connectivity index (χ1v) is 5.48. The number of nitrogens with zero attached hydrogens (tertiary/aromatic N) is 1. The minimum Gasteiger partial charge on any atom is -0.353 e. The molecule has 0 aromatic rings. The fourth-order valence-electron chi connectivity index (χ4n) is 2.02. The van der Waals surface area contributed by atoms with Crippen LogP contribution in [-0.4, -0.2) is 49.6 Å². The van der Waals surface area contributed by atoms with Gasteiger partial charge in [0.05, 0.1) is 6.54 Å². The largest absolute Gasteiger partial charge is 0.353 e. The maximum absolute atomic E-state index is 11.2. The molecule has 0 radical (unpaired) electrons. The van der Waals surface area contributed by atoms with E-state index >= 15 is 0 Å². The van der Waals surface area contributed by atoms with Crippen LogP contribution in [0.4, 0.5) is 0 Å². The number of nitrogens with one attached hydrogen (secondary N) is 2. The Morgan fingerprint density at radius 1 is 1.43 bits per heavy atom. The van der Waals surface area contributed by atoms with Gasteiger partial charge >= 0.3 is 0 Å². The van der Waals surface area contributed by atoms with E-state index in [0.717, 1.165) is 12.6 Å². The molecule has 1 saturated heterocycles. The lowest BCUT2D eigenvalue weighted by Gasteiger charge is -2.41. The van der Waals surface area contributed by atoms with Crippen molar-refractivity contribution in [2.45, 2.75) is 31.3 Å². The van der Waals surface area contributed by atoms with Crippen LogP contribution < -0.4 is 10.6 Å². The molecular formula is C10H19N3O. The quantitative estimate of drug-likeness (QED) is 0.628. The van der Waals surface area contributed by atoms with Gasteiger partial charge in [-0.2, -0.15) is 0 Å². The summed E-state index contributed by atoms with van der Waals surface area (Å²) in [5.41, 5.74) is 0. The molecular weight excluding hydrogens is 178 g/mol. The van der Waals surface area contributed by atoms with Crippen molar-refractivity contribution in [1.29, 1.82) is 0 Å². The summed E-state index contributed by atoms with van der Waals surface area (Å²) >= 11 is 0. The molecule has 1 unspecified atom stereocenters. The summed E-state index contributed by atoms with van der Waals surface area (Å²) in [6, 6.07) is 1.46. The molecule has 4 heteroatoms. The molecule has 14 heavy (non-hydrogen) atoms. The highest BCUT2D eigenvalue weighted by molar-refractivity contribution is 5.77. The predicted molar refractivity (Wildman–Crippen MR) is 55.1 cm³/mol. The first-order chi connectivity index (χ1) is 6.81. The molecule has 2 N–H and O–H groups in total. The summed E-state index contributed by atoms with van der Waals surface area (Å²) in [4.78, 5) is 13.7. The van der Waals surface area contributed by atoms with Crippen molar-refractivity contribution in [3.05, 3.63) is 0 Å². The Labute approximate surface area is 85.0 Å². The minimum atomic E-state index is 0.107. The fourth-order valence-corrected chi connectivity index (χ4v) is 2.02. The number of likely N-dealkylation sites (N-methyl/N-ethyl adjacent to an activating group) is 1. The number of hydrogen-bond acceptors (Lipinski definition) is 3. The second kappa shape index (κ2) is 4.28. The fraction of sp³-hybridized carbons (Fsp3) is 0.900. The number of carbonyl (C=O) groups excluding carboxylic acids is 1. The van der Waals surface area contributed by atoms with Crippen LogP contribution >= 0.6 is 0 Å². The van der Waals surface area contributed by atoms with Crippen molar-refractivity contribution >= 4 is 5.91 Å². The van der Waals surface area contributed by atoms with Crippen molar-refractivity contribution in [3.63, 3.8) is 0 Å². The van der Waals surface area contributed by atoms with E-state index in [1.54, 1.807) is 7.05 Å². The number of amides is 1. The molecule has 0 bridgehead atoms. The van der Waals surface area contributed by atoms with Crippen molar-refractivity contribution in [3.8, 4) is 0 Å². The summed E-state index contributed by atoms with van der Waals surface area (Å²) in [6.45, 7) is 2.49. The van der Waals surface area contributed by atoms with Crippen molar-refractivity contribution in [1.82, 2.24) is 15.5 Å². The third kappa shape index (κ3) is 2.25. The number of carbonyl (C=O) groups is 1. The zero-order valence-electron chi connectivity index (χ0n) is 8.75. The molecule has 2 fully saturated rings. The lowest BCUT2D eigenvalue weighted by atomic mass is 10.0. The van der Waals surface area contributed by atoms with E-state index in [0.29, 0.717) is 12.6 Å². The van der Waals surface area contributed by atoms with Crippen molar-refractivity contribution in [2.24, 2.45) is 0 Å². The average Bonchev–Trinajstić information content (AvgIpc) is 2.87. The third-order valence-electron chi connectivity index (χ3n) is 3.08. The predicted octanol–water partition coefficient (Wildman–Crippen LogP) is -0.441. The van der Waals surface area contributed by atoms with Gasteiger partial charge in [-0.1, -0.05) is 0 Å². The summed E-state index contributed by atoms with van der Waals surface area (Å²) in [7, 11) is 1.79. The van der Waals surface area contributed by atoms with Crippen LogP contribution in [0.25, 0.3) is 0 Å². The first kappa shape index (κ1) is 9.93. The summed E-state index contributed by atoms with van der Waals surface area (Å²) in [5, 5.41) is 5.80. The van der Waals surface area contributed by atoms with Gasteiger partial charge in [0.1, 0.15) is 0 Å². The van der Waals surface area contributed by atoms with E-state index in [4.69, 9.17) is 0 Å². The van der Waals surface area contributed by atoms with Gasteiger partial charge in [-0.3, -0.25) is 9.69 Å². The highest BCUT2D eigenvalue weighted by atomic mass is 16.1. The molecule has 4 nitrogen and oxygen atoms in total. The molecule has 0 spiro atoms. The normalized spacial score (nSPS) is 27.1. The van der Waals surface area contributed by atoms with Gasteiger partial charge in [-0.05, 0) is 26.3 Å². The van der Waals surface area contributed by atoms with Gasteiger partial charge in [-0.25, -0.2) is 0 Å². The Hall–Kier alpha value is -0.610. The Bertz CT molecular complexity index is 215. The molecule has 0 aromatic heterocycles. The van der Waals surface area contributed by atoms with Gasteiger partial charge in [-0.15, -0.1) is 0 Å². The molecule has 80 valence electrons. The Balaban J connectivity index is 1.63. The molecule has 2 rings (SSSR count). The number of hydrogen-bond donors (Lipinski definition) is 2. The maximum atomic E-state index is 11.2.